The third kappa shape index (κ3) is 4.67. The summed E-state index contributed by atoms with van der Waals surface area (Å²) in [5.74, 6) is 2.71. The number of nitrogens with zero attached hydrogens (tertiary/aromatic N) is 2. The average molecular weight is 529 g/mol. The molecule has 4 aromatic rings. The summed E-state index contributed by atoms with van der Waals surface area (Å²) in [5.41, 5.74) is 2.07. The largest absolute Gasteiger partial charge is 0.493 e. The van der Waals surface area contributed by atoms with Gasteiger partial charge in [-0.2, -0.15) is 0 Å². The SMILES string of the molecule is COc1cc(-c2nc(C(=O)c3csc(-c4cc(OC)c(OC)c(OC)c4)n3)cs2)cc(OC)c1OC. The third-order valence-electron chi connectivity index (χ3n) is 5.30. The first-order valence-electron chi connectivity index (χ1n) is 10.5. The lowest BCUT2D eigenvalue weighted by Gasteiger charge is -2.13. The minimum absolute atomic E-state index is 0.278. The average Bonchev–Trinajstić information content (AvgIpc) is 3.61. The molecule has 9 nitrogen and oxygen atoms in total. The quantitative estimate of drug-likeness (QED) is 0.257. The smallest absolute Gasteiger partial charge is 0.231 e. The van der Waals surface area contributed by atoms with Gasteiger partial charge in [0.15, 0.2) is 23.0 Å². The summed E-state index contributed by atoms with van der Waals surface area (Å²) in [7, 11) is 9.27. The second-order valence-electron chi connectivity index (χ2n) is 7.23. The Hall–Kier alpha value is -3.83. The molecule has 188 valence electrons. The second-order valence-corrected chi connectivity index (χ2v) is 8.95. The van der Waals surface area contributed by atoms with Gasteiger partial charge in [0, 0.05) is 21.9 Å². The number of ether oxygens (including phenoxy) is 6. The number of carbonyl (C=O) groups excluding carboxylic acids is 1. The van der Waals surface area contributed by atoms with Crippen LogP contribution >= 0.6 is 22.7 Å². The normalized spacial score (nSPS) is 10.6. The van der Waals surface area contributed by atoms with Crippen LogP contribution < -0.4 is 28.4 Å². The molecule has 2 heterocycles. The fraction of sp³-hybridized carbons (Fsp3) is 0.240. The molecule has 0 atom stereocenters. The summed E-state index contributed by atoms with van der Waals surface area (Å²) in [6.07, 6.45) is 0. The van der Waals surface area contributed by atoms with E-state index in [0.717, 1.165) is 11.1 Å². The number of benzene rings is 2. The van der Waals surface area contributed by atoms with Crippen LogP contribution in [0.5, 0.6) is 34.5 Å². The number of thiazole rings is 2. The Bertz CT molecular complexity index is 1240. The molecule has 11 heteroatoms. The Morgan fingerprint density at radius 3 is 1.19 bits per heavy atom. The van der Waals surface area contributed by atoms with Gasteiger partial charge in [-0.25, -0.2) is 9.97 Å². The van der Waals surface area contributed by atoms with Crippen LogP contribution in [0, 0.1) is 0 Å². The van der Waals surface area contributed by atoms with Gasteiger partial charge in [0.2, 0.25) is 17.3 Å². The number of hydrogen-bond acceptors (Lipinski definition) is 11. The molecule has 2 aromatic heterocycles. The molecule has 0 N–H and O–H groups in total. The van der Waals surface area contributed by atoms with Crippen LogP contribution in [0.3, 0.4) is 0 Å². The highest BCUT2D eigenvalue weighted by Gasteiger charge is 2.21. The molecular formula is C25H24N2O7S2. The Morgan fingerprint density at radius 1 is 0.583 bits per heavy atom. The molecule has 0 saturated carbocycles. The van der Waals surface area contributed by atoms with Crippen molar-refractivity contribution in [3.63, 3.8) is 0 Å². The molecule has 0 aliphatic rings. The first-order chi connectivity index (χ1) is 17.5. The van der Waals surface area contributed by atoms with Crippen molar-refractivity contribution in [3.8, 4) is 55.6 Å². The van der Waals surface area contributed by atoms with Gasteiger partial charge in [0.05, 0.1) is 42.7 Å². The summed E-state index contributed by atoms with van der Waals surface area (Å²) < 4.78 is 32.5. The zero-order valence-electron chi connectivity index (χ0n) is 20.5. The minimum Gasteiger partial charge on any atom is -0.493 e. The van der Waals surface area contributed by atoms with Crippen molar-refractivity contribution < 1.29 is 33.2 Å². The van der Waals surface area contributed by atoms with Crippen LogP contribution in [-0.2, 0) is 0 Å². The van der Waals surface area contributed by atoms with E-state index in [1.54, 1.807) is 77.7 Å². The van der Waals surface area contributed by atoms with Crippen LogP contribution in [0.1, 0.15) is 16.2 Å². The van der Waals surface area contributed by atoms with Crippen LogP contribution in [0.25, 0.3) is 21.1 Å². The maximum atomic E-state index is 13.2. The van der Waals surface area contributed by atoms with Crippen molar-refractivity contribution in [2.45, 2.75) is 0 Å². The third-order valence-corrected chi connectivity index (χ3v) is 7.08. The number of ketones is 1. The summed E-state index contributed by atoms with van der Waals surface area (Å²) in [6.45, 7) is 0. The number of methoxy groups -OCH3 is 6. The van der Waals surface area contributed by atoms with E-state index in [9.17, 15) is 4.79 Å². The molecule has 0 radical (unpaired) electrons. The van der Waals surface area contributed by atoms with Crippen molar-refractivity contribution in [1.82, 2.24) is 9.97 Å². The molecule has 2 aromatic carbocycles. The summed E-state index contributed by atoms with van der Waals surface area (Å²) in [6, 6.07) is 7.17. The molecule has 0 amide bonds. The zero-order valence-corrected chi connectivity index (χ0v) is 22.2. The Kier molecular flexibility index (Phi) is 7.61. The predicted octanol–water partition coefficient (Wildman–Crippen LogP) is 5.22. The maximum Gasteiger partial charge on any atom is 0.231 e. The molecule has 0 aliphatic carbocycles. The van der Waals surface area contributed by atoms with Crippen molar-refractivity contribution in [2.24, 2.45) is 0 Å². The van der Waals surface area contributed by atoms with Crippen molar-refractivity contribution in [2.75, 3.05) is 42.7 Å². The fourth-order valence-electron chi connectivity index (χ4n) is 3.56. The van der Waals surface area contributed by atoms with Crippen LogP contribution in [0.2, 0.25) is 0 Å². The Balaban J connectivity index is 1.64. The zero-order chi connectivity index (χ0) is 25.8. The van der Waals surface area contributed by atoms with Gasteiger partial charge in [-0.1, -0.05) is 0 Å². The van der Waals surface area contributed by atoms with Crippen molar-refractivity contribution in [3.05, 3.63) is 46.4 Å². The summed E-state index contributed by atoms with van der Waals surface area (Å²) >= 11 is 2.68. The van der Waals surface area contributed by atoms with Gasteiger partial charge >= 0.3 is 0 Å². The molecule has 0 spiro atoms. The Labute approximate surface area is 216 Å². The van der Waals surface area contributed by atoms with Crippen LogP contribution in [-0.4, -0.2) is 58.4 Å². The molecule has 0 aliphatic heterocycles. The van der Waals surface area contributed by atoms with Gasteiger partial charge in [-0.3, -0.25) is 4.79 Å². The van der Waals surface area contributed by atoms with Gasteiger partial charge < -0.3 is 28.4 Å². The highest BCUT2D eigenvalue weighted by atomic mass is 32.1. The van der Waals surface area contributed by atoms with E-state index in [0.29, 0.717) is 55.9 Å². The number of carbonyl (C=O) groups is 1. The highest BCUT2D eigenvalue weighted by Crippen LogP contribution is 2.43. The number of rotatable bonds is 10. The number of hydrogen-bond donors (Lipinski definition) is 0. The predicted molar refractivity (Wildman–Crippen MR) is 138 cm³/mol. The molecular weight excluding hydrogens is 504 g/mol. The topological polar surface area (TPSA) is 98.2 Å². The minimum atomic E-state index is -0.278. The lowest BCUT2D eigenvalue weighted by Crippen LogP contribution is -2.02. The molecule has 0 saturated heterocycles. The summed E-state index contributed by atoms with van der Waals surface area (Å²) in [5, 5.41) is 4.69. The highest BCUT2D eigenvalue weighted by molar-refractivity contribution is 7.14. The van der Waals surface area contributed by atoms with Gasteiger partial charge in [-0.05, 0) is 24.3 Å². The summed E-state index contributed by atoms with van der Waals surface area (Å²) in [4.78, 5) is 22.3. The first-order valence-corrected chi connectivity index (χ1v) is 12.3. The van der Waals surface area contributed by atoms with Gasteiger partial charge in [0.1, 0.15) is 21.4 Å². The van der Waals surface area contributed by atoms with Gasteiger partial charge in [-0.15, -0.1) is 22.7 Å². The van der Waals surface area contributed by atoms with E-state index in [4.69, 9.17) is 28.4 Å². The second kappa shape index (κ2) is 10.8. The number of aromatic nitrogens is 2. The van der Waals surface area contributed by atoms with E-state index in [-0.39, 0.29) is 5.78 Å². The van der Waals surface area contributed by atoms with Crippen molar-refractivity contribution in [1.29, 1.82) is 0 Å². The molecule has 0 bridgehead atoms. The van der Waals surface area contributed by atoms with Crippen LogP contribution in [0.15, 0.2) is 35.0 Å². The monoisotopic (exact) mass is 528 g/mol. The van der Waals surface area contributed by atoms with Crippen molar-refractivity contribution >= 4 is 28.5 Å². The van der Waals surface area contributed by atoms with E-state index >= 15 is 0 Å². The molecule has 0 unspecified atom stereocenters. The van der Waals surface area contributed by atoms with E-state index in [2.05, 4.69) is 9.97 Å². The maximum absolute atomic E-state index is 13.2. The lowest BCUT2D eigenvalue weighted by atomic mass is 10.2. The molecule has 36 heavy (non-hydrogen) atoms. The lowest BCUT2D eigenvalue weighted by molar-refractivity contribution is 0.103. The van der Waals surface area contributed by atoms with E-state index in [1.165, 1.54) is 22.7 Å². The standard InChI is InChI=1S/C25H24N2O7S2/c1-29-17-7-13(8-18(30-2)22(17)33-5)24-26-15(11-35-24)21(28)16-12-36-25(27-16)14-9-19(31-3)23(34-6)20(10-14)32-4/h7-12H,1-6H3. The van der Waals surface area contributed by atoms with E-state index < -0.39 is 0 Å². The van der Waals surface area contributed by atoms with Gasteiger partial charge in [0.25, 0.3) is 0 Å². The Morgan fingerprint density at radius 2 is 0.917 bits per heavy atom. The fourth-order valence-corrected chi connectivity index (χ4v) is 5.14. The first kappa shape index (κ1) is 25.3. The van der Waals surface area contributed by atoms with E-state index in [1.807, 2.05) is 0 Å². The molecule has 4 rings (SSSR count). The van der Waals surface area contributed by atoms with Crippen LogP contribution in [0.4, 0.5) is 0 Å². The molecule has 0 fully saturated rings.